The zero-order chi connectivity index (χ0) is 11.4. The Hall–Kier alpha value is -1.09. The molecule has 2 nitrogen and oxygen atoms in total. The third-order valence-electron chi connectivity index (χ3n) is 2.58. The van der Waals surface area contributed by atoms with Crippen molar-refractivity contribution in [3.63, 3.8) is 0 Å². The number of hydrogen-bond donors (Lipinski definition) is 1. The summed E-state index contributed by atoms with van der Waals surface area (Å²) in [6.45, 7) is 7.85. The molecule has 84 valence electrons. The fourth-order valence-corrected chi connectivity index (χ4v) is 1.74. The van der Waals surface area contributed by atoms with Gasteiger partial charge in [-0.2, -0.15) is 0 Å². The van der Waals surface area contributed by atoms with E-state index in [1.807, 2.05) is 6.92 Å². The van der Waals surface area contributed by atoms with Crippen molar-refractivity contribution in [2.45, 2.75) is 26.8 Å². The second-order valence-corrected chi connectivity index (χ2v) is 3.66. The van der Waals surface area contributed by atoms with Gasteiger partial charge in [0.15, 0.2) is 0 Å². The maximum Gasteiger partial charge on any atom is 0.123 e. The molecular weight excluding hydrogens is 191 g/mol. The molecule has 0 aromatic heterocycles. The molecule has 0 saturated carbocycles. The predicted molar refractivity (Wildman–Crippen MR) is 62.6 cm³/mol. The number of halogens is 1. The van der Waals surface area contributed by atoms with Crippen molar-refractivity contribution >= 4 is 5.69 Å². The molecule has 1 atom stereocenters. The van der Waals surface area contributed by atoms with E-state index in [-0.39, 0.29) is 11.9 Å². The van der Waals surface area contributed by atoms with Crippen LogP contribution in [0.4, 0.5) is 10.1 Å². The highest BCUT2D eigenvalue weighted by Crippen LogP contribution is 2.25. The molecule has 1 aromatic carbocycles. The van der Waals surface area contributed by atoms with Crippen LogP contribution >= 0.6 is 0 Å². The topological polar surface area (TPSA) is 29.3 Å². The van der Waals surface area contributed by atoms with Crippen LogP contribution in [0.15, 0.2) is 18.2 Å². The van der Waals surface area contributed by atoms with Crippen LogP contribution in [0.2, 0.25) is 0 Å². The van der Waals surface area contributed by atoms with E-state index in [4.69, 9.17) is 5.73 Å². The molecule has 1 aromatic rings. The summed E-state index contributed by atoms with van der Waals surface area (Å²) in [6, 6.07) is 4.68. The van der Waals surface area contributed by atoms with E-state index in [2.05, 4.69) is 18.7 Å². The molecule has 0 aliphatic carbocycles. The first kappa shape index (κ1) is 12.0. The van der Waals surface area contributed by atoms with Gasteiger partial charge < -0.3 is 10.6 Å². The average Bonchev–Trinajstić information content (AvgIpc) is 2.21. The Kier molecular flexibility index (Phi) is 4.09. The largest absolute Gasteiger partial charge is 0.372 e. The Balaban J connectivity index is 3.15. The smallest absolute Gasteiger partial charge is 0.123 e. The highest BCUT2D eigenvalue weighted by Gasteiger charge is 2.12. The van der Waals surface area contributed by atoms with E-state index in [9.17, 15) is 4.39 Å². The molecule has 3 heteroatoms. The fraction of sp³-hybridized carbons (Fsp3) is 0.500. The number of benzene rings is 1. The molecule has 0 saturated heterocycles. The Bertz CT molecular complexity index is 319. The van der Waals surface area contributed by atoms with Gasteiger partial charge in [0.2, 0.25) is 0 Å². The van der Waals surface area contributed by atoms with Gasteiger partial charge in [-0.1, -0.05) is 0 Å². The Labute approximate surface area is 90.9 Å². The normalized spacial score (nSPS) is 12.6. The molecule has 0 spiro atoms. The van der Waals surface area contributed by atoms with E-state index in [1.54, 1.807) is 6.07 Å². The van der Waals surface area contributed by atoms with Crippen LogP contribution in [0, 0.1) is 5.82 Å². The number of nitrogens with zero attached hydrogens (tertiary/aromatic N) is 1. The summed E-state index contributed by atoms with van der Waals surface area (Å²) in [4.78, 5) is 2.18. The second-order valence-electron chi connectivity index (χ2n) is 3.66. The third-order valence-corrected chi connectivity index (χ3v) is 2.58. The summed E-state index contributed by atoms with van der Waals surface area (Å²) < 4.78 is 13.1. The second kappa shape index (κ2) is 5.12. The lowest BCUT2D eigenvalue weighted by atomic mass is 10.1. The maximum absolute atomic E-state index is 13.1. The molecule has 0 bridgehead atoms. The molecular formula is C12H19FN2. The summed E-state index contributed by atoms with van der Waals surface area (Å²) in [5.41, 5.74) is 7.75. The van der Waals surface area contributed by atoms with Gasteiger partial charge in [0.25, 0.3) is 0 Å². The van der Waals surface area contributed by atoms with E-state index in [0.29, 0.717) is 0 Å². The molecule has 0 aliphatic heterocycles. The van der Waals surface area contributed by atoms with Crippen LogP contribution in [0.5, 0.6) is 0 Å². The van der Waals surface area contributed by atoms with Gasteiger partial charge in [0, 0.05) is 24.8 Å². The monoisotopic (exact) mass is 210 g/mol. The SMILES string of the molecule is CCN(CC)c1ccc(F)cc1[C@H](C)N. The summed E-state index contributed by atoms with van der Waals surface area (Å²) >= 11 is 0. The summed E-state index contributed by atoms with van der Waals surface area (Å²) in [7, 11) is 0. The lowest BCUT2D eigenvalue weighted by Crippen LogP contribution is -2.24. The summed E-state index contributed by atoms with van der Waals surface area (Å²) in [5.74, 6) is -0.224. The molecule has 0 unspecified atom stereocenters. The van der Waals surface area contributed by atoms with E-state index in [0.717, 1.165) is 24.3 Å². The van der Waals surface area contributed by atoms with Crippen LogP contribution in [0.3, 0.4) is 0 Å². The molecule has 0 aliphatic rings. The quantitative estimate of drug-likeness (QED) is 0.828. The Morgan fingerprint density at radius 2 is 1.93 bits per heavy atom. The maximum atomic E-state index is 13.1. The number of anilines is 1. The van der Waals surface area contributed by atoms with Crippen molar-refractivity contribution in [2.75, 3.05) is 18.0 Å². The first-order chi connectivity index (χ1) is 7.10. The lowest BCUT2D eigenvalue weighted by molar-refractivity contribution is 0.621. The third kappa shape index (κ3) is 2.69. The van der Waals surface area contributed by atoms with Crippen LogP contribution in [0.1, 0.15) is 32.4 Å². The standard InChI is InChI=1S/C12H19FN2/c1-4-15(5-2)12-7-6-10(13)8-11(12)9(3)14/h6-9H,4-5,14H2,1-3H3/t9-/m0/s1. The van der Waals surface area contributed by atoms with Crippen molar-refractivity contribution in [2.24, 2.45) is 5.73 Å². The van der Waals surface area contributed by atoms with Gasteiger partial charge in [-0.25, -0.2) is 4.39 Å². The molecule has 0 heterocycles. The van der Waals surface area contributed by atoms with Crippen molar-refractivity contribution < 1.29 is 4.39 Å². The van der Waals surface area contributed by atoms with Gasteiger partial charge in [0.1, 0.15) is 5.82 Å². The molecule has 2 N–H and O–H groups in total. The van der Waals surface area contributed by atoms with Crippen LogP contribution < -0.4 is 10.6 Å². The van der Waals surface area contributed by atoms with E-state index < -0.39 is 0 Å². The fourth-order valence-electron chi connectivity index (χ4n) is 1.74. The van der Waals surface area contributed by atoms with Crippen molar-refractivity contribution in [1.82, 2.24) is 0 Å². The highest BCUT2D eigenvalue weighted by atomic mass is 19.1. The minimum Gasteiger partial charge on any atom is -0.372 e. The molecule has 0 amide bonds. The summed E-state index contributed by atoms with van der Waals surface area (Å²) in [5, 5.41) is 0. The highest BCUT2D eigenvalue weighted by molar-refractivity contribution is 5.54. The van der Waals surface area contributed by atoms with Crippen LogP contribution in [-0.4, -0.2) is 13.1 Å². The van der Waals surface area contributed by atoms with Gasteiger partial charge in [-0.15, -0.1) is 0 Å². The van der Waals surface area contributed by atoms with Crippen LogP contribution in [0.25, 0.3) is 0 Å². The van der Waals surface area contributed by atoms with Gasteiger partial charge in [0.05, 0.1) is 0 Å². The predicted octanol–water partition coefficient (Wildman–Crippen LogP) is 2.69. The zero-order valence-corrected chi connectivity index (χ0v) is 9.63. The van der Waals surface area contributed by atoms with E-state index in [1.165, 1.54) is 12.1 Å². The molecule has 15 heavy (non-hydrogen) atoms. The minimum absolute atomic E-state index is 0.142. The lowest BCUT2D eigenvalue weighted by Gasteiger charge is -2.25. The minimum atomic E-state index is -0.224. The number of nitrogens with two attached hydrogens (primary N) is 1. The number of hydrogen-bond acceptors (Lipinski definition) is 2. The Morgan fingerprint density at radius 3 is 2.40 bits per heavy atom. The van der Waals surface area contributed by atoms with Gasteiger partial charge >= 0.3 is 0 Å². The molecule has 1 rings (SSSR count). The van der Waals surface area contributed by atoms with Crippen molar-refractivity contribution in [3.8, 4) is 0 Å². The molecule has 0 fully saturated rings. The van der Waals surface area contributed by atoms with Gasteiger partial charge in [-0.3, -0.25) is 0 Å². The molecule has 0 radical (unpaired) electrons. The average molecular weight is 210 g/mol. The first-order valence-electron chi connectivity index (χ1n) is 5.40. The Morgan fingerprint density at radius 1 is 1.33 bits per heavy atom. The zero-order valence-electron chi connectivity index (χ0n) is 9.63. The van der Waals surface area contributed by atoms with Crippen molar-refractivity contribution in [1.29, 1.82) is 0 Å². The van der Waals surface area contributed by atoms with Crippen LogP contribution in [-0.2, 0) is 0 Å². The number of rotatable bonds is 4. The van der Waals surface area contributed by atoms with E-state index >= 15 is 0 Å². The van der Waals surface area contributed by atoms with Crippen molar-refractivity contribution in [3.05, 3.63) is 29.6 Å². The van der Waals surface area contributed by atoms with Gasteiger partial charge in [-0.05, 0) is 44.5 Å². The summed E-state index contributed by atoms with van der Waals surface area (Å²) in [6.07, 6.45) is 0. The first-order valence-corrected chi connectivity index (χ1v) is 5.40.